The Morgan fingerprint density at radius 2 is 2.25 bits per heavy atom. The van der Waals surface area contributed by atoms with E-state index >= 15 is 0 Å². The fourth-order valence-corrected chi connectivity index (χ4v) is 2.71. The van der Waals surface area contributed by atoms with Crippen molar-refractivity contribution in [2.24, 2.45) is 5.92 Å². The number of hydrogen-bond acceptors (Lipinski definition) is 4. The SMILES string of the molecule is O=c1[nH]cnc(N2CC(O)(C3CC3)C2)c1Br. The number of nitrogens with zero attached hydrogens (tertiary/aromatic N) is 2. The molecule has 1 saturated heterocycles. The third-order valence-corrected chi connectivity index (χ3v) is 4.06. The van der Waals surface area contributed by atoms with E-state index in [1.54, 1.807) is 0 Å². The summed E-state index contributed by atoms with van der Waals surface area (Å²) >= 11 is 3.22. The minimum Gasteiger partial charge on any atom is -0.386 e. The first-order chi connectivity index (χ1) is 7.60. The van der Waals surface area contributed by atoms with Crippen molar-refractivity contribution < 1.29 is 5.11 Å². The molecule has 1 aromatic heterocycles. The minimum absolute atomic E-state index is 0.188. The van der Waals surface area contributed by atoms with Gasteiger partial charge < -0.3 is 15.0 Å². The van der Waals surface area contributed by atoms with Gasteiger partial charge in [0.2, 0.25) is 0 Å². The quantitative estimate of drug-likeness (QED) is 0.830. The molecule has 5 nitrogen and oxygen atoms in total. The molecule has 16 heavy (non-hydrogen) atoms. The average Bonchev–Trinajstić information content (AvgIpc) is 3.01. The number of aromatic nitrogens is 2. The molecule has 1 aromatic rings. The number of aliphatic hydroxyl groups is 1. The molecule has 0 aromatic carbocycles. The van der Waals surface area contributed by atoms with Gasteiger partial charge in [0.1, 0.15) is 10.1 Å². The zero-order valence-electron chi connectivity index (χ0n) is 8.61. The number of nitrogens with one attached hydrogen (secondary N) is 1. The predicted octanol–water partition coefficient (Wildman–Crippen LogP) is 0.493. The third kappa shape index (κ3) is 1.48. The van der Waals surface area contributed by atoms with Crippen molar-refractivity contribution in [2.45, 2.75) is 18.4 Å². The average molecular weight is 286 g/mol. The Kier molecular flexibility index (Phi) is 2.12. The molecule has 1 aliphatic carbocycles. The smallest absolute Gasteiger partial charge is 0.267 e. The van der Waals surface area contributed by atoms with Gasteiger partial charge in [-0.15, -0.1) is 0 Å². The summed E-state index contributed by atoms with van der Waals surface area (Å²) in [5.41, 5.74) is -0.740. The van der Waals surface area contributed by atoms with Crippen LogP contribution < -0.4 is 10.5 Å². The van der Waals surface area contributed by atoms with E-state index < -0.39 is 5.60 Å². The van der Waals surface area contributed by atoms with Crippen LogP contribution in [-0.2, 0) is 0 Å². The Morgan fingerprint density at radius 3 is 2.88 bits per heavy atom. The van der Waals surface area contributed by atoms with E-state index in [0.29, 0.717) is 29.3 Å². The van der Waals surface area contributed by atoms with E-state index in [9.17, 15) is 9.90 Å². The van der Waals surface area contributed by atoms with E-state index in [2.05, 4.69) is 25.9 Å². The first-order valence-corrected chi connectivity index (χ1v) is 6.10. The van der Waals surface area contributed by atoms with Crippen LogP contribution in [-0.4, -0.2) is 33.8 Å². The molecule has 0 bridgehead atoms. The molecule has 0 spiro atoms. The molecule has 2 aliphatic rings. The van der Waals surface area contributed by atoms with Gasteiger partial charge in [0, 0.05) is 0 Å². The number of rotatable bonds is 2. The van der Waals surface area contributed by atoms with E-state index in [-0.39, 0.29) is 5.56 Å². The molecular weight excluding hydrogens is 274 g/mol. The van der Waals surface area contributed by atoms with Crippen molar-refractivity contribution >= 4 is 21.7 Å². The van der Waals surface area contributed by atoms with Gasteiger partial charge in [0.05, 0.1) is 19.4 Å². The molecule has 6 heteroatoms. The molecule has 86 valence electrons. The fourth-order valence-electron chi connectivity index (χ4n) is 2.24. The molecule has 0 amide bonds. The number of anilines is 1. The predicted molar refractivity (Wildman–Crippen MR) is 62.4 cm³/mol. The number of H-pyrrole nitrogens is 1. The zero-order valence-corrected chi connectivity index (χ0v) is 10.2. The van der Waals surface area contributed by atoms with Gasteiger partial charge in [0.15, 0.2) is 5.82 Å². The highest BCUT2D eigenvalue weighted by Gasteiger charge is 2.52. The Hall–Kier alpha value is -0.880. The van der Waals surface area contributed by atoms with E-state index in [4.69, 9.17) is 0 Å². The molecule has 2 fully saturated rings. The van der Waals surface area contributed by atoms with Crippen LogP contribution in [0.4, 0.5) is 5.82 Å². The molecule has 1 saturated carbocycles. The van der Waals surface area contributed by atoms with Crippen LogP contribution in [0.3, 0.4) is 0 Å². The Bertz CT molecular complexity index is 477. The van der Waals surface area contributed by atoms with Crippen molar-refractivity contribution in [3.8, 4) is 0 Å². The number of hydrogen-bond donors (Lipinski definition) is 2. The normalized spacial score (nSPS) is 23.0. The first kappa shape index (κ1) is 10.3. The maximum absolute atomic E-state index is 11.4. The Labute approximate surface area is 101 Å². The summed E-state index contributed by atoms with van der Waals surface area (Å²) in [6, 6.07) is 0. The van der Waals surface area contributed by atoms with Gasteiger partial charge in [-0.05, 0) is 34.7 Å². The lowest BCUT2D eigenvalue weighted by molar-refractivity contribution is -0.00984. The molecule has 3 rings (SSSR count). The Morgan fingerprint density at radius 1 is 1.56 bits per heavy atom. The summed E-state index contributed by atoms with van der Waals surface area (Å²) in [7, 11) is 0. The largest absolute Gasteiger partial charge is 0.386 e. The van der Waals surface area contributed by atoms with Crippen molar-refractivity contribution in [1.29, 1.82) is 0 Å². The highest BCUT2D eigenvalue weighted by atomic mass is 79.9. The van der Waals surface area contributed by atoms with Crippen LogP contribution in [0.5, 0.6) is 0 Å². The van der Waals surface area contributed by atoms with Crippen LogP contribution in [0.2, 0.25) is 0 Å². The summed E-state index contributed by atoms with van der Waals surface area (Å²) in [6.45, 7) is 1.15. The maximum atomic E-state index is 11.4. The third-order valence-electron chi connectivity index (χ3n) is 3.34. The molecule has 2 N–H and O–H groups in total. The fraction of sp³-hybridized carbons (Fsp3) is 0.600. The van der Waals surface area contributed by atoms with Crippen molar-refractivity contribution in [2.75, 3.05) is 18.0 Å². The molecule has 1 aliphatic heterocycles. The second-order valence-electron chi connectivity index (χ2n) is 4.60. The van der Waals surface area contributed by atoms with Crippen LogP contribution >= 0.6 is 15.9 Å². The topological polar surface area (TPSA) is 69.2 Å². The minimum atomic E-state index is -0.552. The van der Waals surface area contributed by atoms with Crippen LogP contribution in [0, 0.1) is 5.92 Å². The summed E-state index contributed by atoms with van der Waals surface area (Å²) in [4.78, 5) is 19.9. The monoisotopic (exact) mass is 285 g/mol. The van der Waals surface area contributed by atoms with Gasteiger partial charge in [-0.1, -0.05) is 0 Å². The van der Waals surface area contributed by atoms with Gasteiger partial charge in [-0.25, -0.2) is 4.98 Å². The van der Waals surface area contributed by atoms with Crippen molar-refractivity contribution in [1.82, 2.24) is 9.97 Å². The lowest BCUT2D eigenvalue weighted by Gasteiger charge is -2.47. The number of aromatic amines is 1. The highest BCUT2D eigenvalue weighted by molar-refractivity contribution is 9.10. The zero-order chi connectivity index (χ0) is 11.3. The van der Waals surface area contributed by atoms with E-state index in [0.717, 1.165) is 12.8 Å². The van der Waals surface area contributed by atoms with Crippen LogP contribution in [0.25, 0.3) is 0 Å². The van der Waals surface area contributed by atoms with Gasteiger partial charge in [0.25, 0.3) is 5.56 Å². The number of β-amino-alcohol motifs (C(OH)–C–C–N with tert-alkyl or cyclic N) is 1. The number of halogens is 1. The summed E-state index contributed by atoms with van der Waals surface area (Å²) in [5, 5.41) is 10.2. The molecule has 0 atom stereocenters. The lowest BCUT2D eigenvalue weighted by Crippen LogP contribution is -2.63. The van der Waals surface area contributed by atoms with E-state index in [1.807, 2.05) is 4.90 Å². The lowest BCUT2D eigenvalue weighted by atomic mass is 9.89. The molecule has 0 unspecified atom stereocenters. The van der Waals surface area contributed by atoms with Gasteiger partial charge >= 0.3 is 0 Å². The molecule has 0 radical (unpaired) electrons. The van der Waals surface area contributed by atoms with Crippen molar-refractivity contribution in [3.63, 3.8) is 0 Å². The summed E-state index contributed by atoms with van der Waals surface area (Å²) < 4.78 is 0.438. The second kappa shape index (κ2) is 3.30. The second-order valence-corrected chi connectivity index (χ2v) is 5.40. The summed E-state index contributed by atoms with van der Waals surface area (Å²) in [6.07, 6.45) is 3.62. The maximum Gasteiger partial charge on any atom is 0.267 e. The summed E-state index contributed by atoms with van der Waals surface area (Å²) in [5.74, 6) is 1.07. The van der Waals surface area contributed by atoms with Gasteiger partial charge in [-0.2, -0.15) is 0 Å². The van der Waals surface area contributed by atoms with Crippen LogP contribution in [0.15, 0.2) is 15.6 Å². The van der Waals surface area contributed by atoms with Gasteiger partial charge in [-0.3, -0.25) is 4.79 Å². The molecule has 2 heterocycles. The molecular formula is C10H12BrN3O2. The van der Waals surface area contributed by atoms with Crippen LogP contribution in [0.1, 0.15) is 12.8 Å². The first-order valence-electron chi connectivity index (χ1n) is 5.31. The van der Waals surface area contributed by atoms with Crippen molar-refractivity contribution in [3.05, 3.63) is 21.2 Å². The highest BCUT2D eigenvalue weighted by Crippen LogP contribution is 2.45. The van der Waals surface area contributed by atoms with E-state index in [1.165, 1.54) is 6.33 Å². The standard InChI is InChI=1S/C10H12BrN3O2/c11-7-8(12-5-13-9(7)15)14-3-10(16,4-14)6-1-2-6/h5-6,16H,1-4H2,(H,12,13,15). The Balaban J connectivity index is 1.81.